The summed E-state index contributed by atoms with van der Waals surface area (Å²) in [6.45, 7) is 7.17. The number of benzene rings is 1. The summed E-state index contributed by atoms with van der Waals surface area (Å²) in [7, 11) is 0. The SMILES string of the molecule is CC(C)(C)CCNC(=O)Nc1ccccc1. The molecule has 0 fully saturated rings. The van der Waals surface area contributed by atoms with E-state index in [-0.39, 0.29) is 11.4 Å². The molecule has 0 saturated heterocycles. The number of carbonyl (C=O) groups is 1. The summed E-state index contributed by atoms with van der Waals surface area (Å²) >= 11 is 0. The minimum absolute atomic E-state index is 0.143. The third kappa shape index (κ3) is 5.39. The normalized spacial score (nSPS) is 10.9. The Hall–Kier alpha value is -1.51. The van der Waals surface area contributed by atoms with Crippen LogP contribution >= 0.6 is 0 Å². The molecule has 0 heterocycles. The van der Waals surface area contributed by atoms with Gasteiger partial charge in [-0.15, -0.1) is 0 Å². The van der Waals surface area contributed by atoms with Crippen molar-refractivity contribution in [1.82, 2.24) is 5.32 Å². The molecule has 0 unspecified atom stereocenters. The number of amides is 2. The number of carbonyl (C=O) groups excluding carboxylic acids is 1. The highest BCUT2D eigenvalue weighted by Gasteiger charge is 2.10. The van der Waals surface area contributed by atoms with Gasteiger partial charge >= 0.3 is 6.03 Å². The second-order valence-electron chi connectivity index (χ2n) is 5.06. The molecule has 0 bridgehead atoms. The van der Waals surface area contributed by atoms with Crippen LogP contribution in [-0.2, 0) is 0 Å². The van der Waals surface area contributed by atoms with Crippen molar-refractivity contribution in [3.8, 4) is 0 Å². The summed E-state index contributed by atoms with van der Waals surface area (Å²) in [5, 5.41) is 5.62. The van der Waals surface area contributed by atoms with Crippen LogP contribution in [0.15, 0.2) is 30.3 Å². The van der Waals surface area contributed by atoms with Crippen molar-refractivity contribution in [3.63, 3.8) is 0 Å². The molecule has 88 valence electrons. The van der Waals surface area contributed by atoms with Gasteiger partial charge in [0.15, 0.2) is 0 Å². The predicted molar refractivity (Wildman–Crippen MR) is 67.5 cm³/mol. The Kier molecular flexibility index (Phi) is 4.35. The lowest BCUT2D eigenvalue weighted by Crippen LogP contribution is -2.31. The Morgan fingerprint density at radius 1 is 1.19 bits per heavy atom. The first-order valence-corrected chi connectivity index (χ1v) is 5.57. The summed E-state index contributed by atoms with van der Waals surface area (Å²) in [6.07, 6.45) is 0.967. The molecule has 0 aliphatic rings. The molecular weight excluding hydrogens is 200 g/mol. The average Bonchev–Trinajstić information content (AvgIpc) is 2.17. The second-order valence-corrected chi connectivity index (χ2v) is 5.06. The van der Waals surface area contributed by atoms with E-state index < -0.39 is 0 Å². The van der Waals surface area contributed by atoms with Crippen LogP contribution in [0.2, 0.25) is 0 Å². The molecule has 1 aromatic carbocycles. The van der Waals surface area contributed by atoms with E-state index in [1.165, 1.54) is 0 Å². The van der Waals surface area contributed by atoms with Gasteiger partial charge in [0.1, 0.15) is 0 Å². The van der Waals surface area contributed by atoms with Crippen LogP contribution in [0.25, 0.3) is 0 Å². The zero-order chi connectivity index (χ0) is 12.0. The second kappa shape index (κ2) is 5.54. The topological polar surface area (TPSA) is 41.1 Å². The zero-order valence-electron chi connectivity index (χ0n) is 10.2. The van der Waals surface area contributed by atoms with Crippen LogP contribution < -0.4 is 10.6 Å². The van der Waals surface area contributed by atoms with Crippen molar-refractivity contribution < 1.29 is 4.79 Å². The Labute approximate surface area is 97.2 Å². The molecule has 0 saturated carbocycles. The molecule has 0 aromatic heterocycles. The quantitative estimate of drug-likeness (QED) is 0.806. The maximum Gasteiger partial charge on any atom is 0.319 e. The van der Waals surface area contributed by atoms with E-state index in [0.29, 0.717) is 6.54 Å². The molecule has 16 heavy (non-hydrogen) atoms. The highest BCUT2D eigenvalue weighted by atomic mass is 16.2. The van der Waals surface area contributed by atoms with Gasteiger partial charge in [0.05, 0.1) is 0 Å². The van der Waals surface area contributed by atoms with Gasteiger partial charge in [-0.3, -0.25) is 0 Å². The number of hydrogen-bond acceptors (Lipinski definition) is 1. The lowest BCUT2D eigenvalue weighted by atomic mass is 9.92. The van der Waals surface area contributed by atoms with Gasteiger partial charge < -0.3 is 10.6 Å². The molecule has 1 aromatic rings. The van der Waals surface area contributed by atoms with Crippen molar-refractivity contribution >= 4 is 11.7 Å². The summed E-state index contributed by atoms with van der Waals surface area (Å²) in [6, 6.07) is 9.29. The van der Waals surface area contributed by atoms with E-state index in [9.17, 15) is 4.79 Å². The molecule has 0 spiro atoms. The lowest BCUT2D eigenvalue weighted by Gasteiger charge is -2.18. The van der Waals surface area contributed by atoms with Gasteiger partial charge in [-0.05, 0) is 24.0 Å². The Morgan fingerprint density at radius 3 is 2.38 bits per heavy atom. The van der Waals surface area contributed by atoms with Gasteiger partial charge in [-0.1, -0.05) is 39.0 Å². The standard InChI is InChI=1S/C13H20N2O/c1-13(2,3)9-10-14-12(16)15-11-7-5-4-6-8-11/h4-8H,9-10H2,1-3H3,(H2,14,15,16). The molecule has 0 aliphatic heterocycles. The highest BCUT2D eigenvalue weighted by Crippen LogP contribution is 2.16. The molecule has 0 radical (unpaired) electrons. The first-order chi connectivity index (χ1) is 7.47. The van der Waals surface area contributed by atoms with Gasteiger partial charge in [-0.25, -0.2) is 4.79 Å². The Balaban J connectivity index is 2.27. The van der Waals surface area contributed by atoms with Gasteiger partial charge in [0, 0.05) is 12.2 Å². The molecular formula is C13H20N2O. The largest absolute Gasteiger partial charge is 0.338 e. The van der Waals surface area contributed by atoms with E-state index in [1.807, 2.05) is 30.3 Å². The minimum Gasteiger partial charge on any atom is -0.338 e. The van der Waals surface area contributed by atoms with Crippen molar-refractivity contribution in [3.05, 3.63) is 30.3 Å². The van der Waals surface area contributed by atoms with Crippen molar-refractivity contribution in [2.75, 3.05) is 11.9 Å². The van der Waals surface area contributed by atoms with E-state index in [4.69, 9.17) is 0 Å². The van der Waals surface area contributed by atoms with E-state index in [1.54, 1.807) is 0 Å². The Morgan fingerprint density at radius 2 is 1.81 bits per heavy atom. The van der Waals surface area contributed by atoms with Crippen LogP contribution in [0.5, 0.6) is 0 Å². The van der Waals surface area contributed by atoms with E-state index >= 15 is 0 Å². The molecule has 1 rings (SSSR count). The van der Waals surface area contributed by atoms with Crippen LogP contribution in [0.3, 0.4) is 0 Å². The lowest BCUT2D eigenvalue weighted by molar-refractivity contribution is 0.250. The number of anilines is 1. The fourth-order valence-electron chi connectivity index (χ4n) is 1.25. The smallest absolute Gasteiger partial charge is 0.319 e. The average molecular weight is 220 g/mol. The zero-order valence-corrected chi connectivity index (χ0v) is 10.2. The fraction of sp³-hybridized carbons (Fsp3) is 0.462. The summed E-state index contributed by atoms with van der Waals surface area (Å²) < 4.78 is 0. The minimum atomic E-state index is -0.143. The molecule has 2 amide bonds. The molecule has 2 N–H and O–H groups in total. The molecule has 3 heteroatoms. The van der Waals surface area contributed by atoms with Crippen molar-refractivity contribution in [2.45, 2.75) is 27.2 Å². The number of para-hydroxylation sites is 1. The van der Waals surface area contributed by atoms with Crippen molar-refractivity contribution in [2.24, 2.45) is 5.41 Å². The van der Waals surface area contributed by atoms with Gasteiger partial charge in [0.25, 0.3) is 0 Å². The first-order valence-electron chi connectivity index (χ1n) is 5.57. The highest BCUT2D eigenvalue weighted by molar-refractivity contribution is 5.89. The first kappa shape index (κ1) is 12.6. The van der Waals surface area contributed by atoms with Crippen LogP contribution in [0.4, 0.5) is 10.5 Å². The Bertz CT molecular complexity index is 328. The van der Waals surface area contributed by atoms with Crippen LogP contribution in [-0.4, -0.2) is 12.6 Å². The van der Waals surface area contributed by atoms with E-state index in [2.05, 4.69) is 31.4 Å². The van der Waals surface area contributed by atoms with Gasteiger partial charge in [-0.2, -0.15) is 0 Å². The summed E-state index contributed by atoms with van der Waals surface area (Å²) in [5.41, 5.74) is 1.07. The van der Waals surface area contributed by atoms with Gasteiger partial charge in [0.2, 0.25) is 0 Å². The third-order valence-electron chi connectivity index (χ3n) is 2.19. The monoisotopic (exact) mass is 220 g/mol. The van der Waals surface area contributed by atoms with Crippen LogP contribution in [0.1, 0.15) is 27.2 Å². The number of hydrogen-bond donors (Lipinski definition) is 2. The number of urea groups is 1. The van der Waals surface area contributed by atoms with E-state index in [0.717, 1.165) is 12.1 Å². The maximum atomic E-state index is 11.5. The van der Waals surface area contributed by atoms with Crippen molar-refractivity contribution in [1.29, 1.82) is 0 Å². The molecule has 3 nitrogen and oxygen atoms in total. The summed E-state index contributed by atoms with van der Waals surface area (Å²) in [4.78, 5) is 11.5. The predicted octanol–water partition coefficient (Wildman–Crippen LogP) is 3.24. The number of rotatable bonds is 3. The van der Waals surface area contributed by atoms with Crippen LogP contribution in [0, 0.1) is 5.41 Å². The third-order valence-corrected chi connectivity index (χ3v) is 2.19. The maximum absolute atomic E-state index is 11.5. The molecule has 0 atom stereocenters. The molecule has 0 aliphatic carbocycles. The number of nitrogens with one attached hydrogen (secondary N) is 2. The summed E-state index contributed by atoms with van der Waals surface area (Å²) in [5.74, 6) is 0. The fourth-order valence-corrected chi connectivity index (χ4v) is 1.25.